The van der Waals surface area contributed by atoms with Crippen LogP contribution in [0.25, 0.3) is 0 Å². The van der Waals surface area contributed by atoms with Gasteiger partial charge in [-0.2, -0.15) is 0 Å². The molecule has 0 spiro atoms. The fourth-order valence-electron chi connectivity index (χ4n) is 0.552. The zero-order valence-corrected chi connectivity index (χ0v) is 8.33. The van der Waals surface area contributed by atoms with Crippen molar-refractivity contribution in [2.24, 2.45) is 0 Å². The molecule has 2 atom stereocenters. The highest BCUT2D eigenvalue weighted by atomic mass is 31.1. The maximum atomic E-state index is 3.40. The van der Waals surface area contributed by atoms with Gasteiger partial charge >= 0.3 is 0 Å². The van der Waals surface area contributed by atoms with E-state index in [-0.39, 0.29) is 0 Å². The fourth-order valence-corrected chi connectivity index (χ4v) is 1.41. The van der Waals surface area contributed by atoms with E-state index in [0.29, 0.717) is 0 Å². The fraction of sp³-hybridized carbons (Fsp3) is 1.00. The van der Waals surface area contributed by atoms with Gasteiger partial charge in [0.05, 0.1) is 0 Å². The molecule has 0 amide bonds. The Labute approximate surface area is 61.9 Å². The van der Waals surface area contributed by atoms with Gasteiger partial charge in [0.15, 0.2) is 0 Å². The minimum atomic E-state index is 1.11. The van der Waals surface area contributed by atoms with Crippen LogP contribution in [0.4, 0.5) is 0 Å². The average molecular weight is 165 g/mol. The summed E-state index contributed by atoms with van der Waals surface area (Å²) >= 11 is 0. The third-order valence-electron chi connectivity index (χ3n) is 1.10. The van der Waals surface area contributed by atoms with E-state index < -0.39 is 0 Å². The van der Waals surface area contributed by atoms with Gasteiger partial charge in [-0.15, -0.1) is 17.2 Å². The minimum Gasteiger partial charge on any atom is -0.316 e. The molecule has 1 nitrogen and oxygen atoms in total. The molecule has 0 aliphatic rings. The van der Waals surface area contributed by atoms with Crippen LogP contribution in [0.15, 0.2) is 0 Å². The van der Waals surface area contributed by atoms with E-state index in [1.165, 1.54) is 25.4 Å². The molecular formula is C6H17NP2. The van der Waals surface area contributed by atoms with Crippen LogP contribution < -0.4 is 5.32 Å². The average Bonchev–Trinajstić information content (AvgIpc) is 1.89. The number of rotatable bonds is 6. The van der Waals surface area contributed by atoms with Gasteiger partial charge in [0.2, 0.25) is 0 Å². The second-order valence-electron chi connectivity index (χ2n) is 1.96. The van der Waals surface area contributed by atoms with E-state index in [9.17, 15) is 0 Å². The lowest BCUT2D eigenvalue weighted by atomic mass is 10.7. The number of nitrogens with one attached hydrogen (secondary N) is 1. The third-order valence-corrected chi connectivity index (χ3v) is 2.60. The predicted octanol–water partition coefficient (Wildman–Crippen LogP) is 1.19. The summed E-state index contributed by atoms with van der Waals surface area (Å²) in [5.41, 5.74) is 0. The third kappa shape index (κ3) is 8.82. The van der Waals surface area contributed by atoms with Crippen LogP contribution in [0.1, 0.15) is 0 Å². The molecule has 0 radical (unpaired) electrons. The van der Waals surface area contributed by atoms with Crippen LogP contribution in [0, 0.1) is 0 Å². The summed E-state index contributed by atoms with van der Waals surface area (Å²) in [6, 6.07) is 0. The van der Waals surface area contributed by atoms with Crippen molar-refractivity contribution in [2.45, 2.75) is 0 Å². The molecule has 0 rings (SSSR count). The van der Waals surface area contributed by atoms with E-state index in [4.69, 9.17) is 0 Å². The molecule has 0 saturated carbocycles. The molecule has 3 heteroatoms. The van der Waals surface area contributed by atoms with Crippen molar-refractivity contribution in [3.05, 3.63) is 0 Å². The molecule has 0 aromatic rings. The zero-order valence-electron chi connectivity index (χ0n) is 6.33. The highest BCUT2D eigenvalue weighted by Crippen LogP contribution is 1.99. The second kappa shape index (κ2) is 8.82. The van der Waals surface area contributed by atoms with Crippen molar-refractivity contribution in [3.63, 3.8) is 0 Å². The molecule has 0 aromatic heterocycles. The Kier molecular flexibility index (Phi) is 9.62. The Morgan fingerprint density at radius 1 is 1.00 bits per heavy atom. The Balaban J connectivity index is 2.60. The van der Waals surface area contributed by atoms with Gasteiger partial charge in [-0.25, -0.2) is 0 Å². The van der Waals surface area contributed by atoms with Crippen molar-refractivity contribution in [2.75, 3.05) is 38.7 Å². The Morgan fingerprint density at radius 3 is 1.78 bits per heavy atom. The first-order valence-electron chi connectivity index (χ1n) is 3.41. The molecular weight excluding hydrogens is 148 g/mol. The minimum absolute atomic E-state index is 1.11. The summed E-state index contributed by atoms with van der Waals surface area (Å²) in [6.07, 6.45) is 2.71. The molecule has 0 bridgehead atoms. The lowest BCUT2D eigenvalue weighted by molar-refractivity contribution is 0.772. The number of hydrogen-bond acceptors (Lipinski definition) is 1. The quantitative estimate of drug-likeness (QED) is 0.460. The van der Waals surface area contributed by atoms with Gasteiger partial charge in [0, 0.05) is 0 Å². The molecule has 0 saturated heterocycles. The van der Waals surface area contributed by atoms with Crippen LogP contribution in [-0.2, 0) is 0 Å². The molecule has 2 unspecified atom stereocenters. The Hall–Kier alpha value is 0.820. The van der Waals surface area contributed by atoms with Crippen molar-refractivity contribution in [1.29, 1.82) is 0 Å². The van der Waals surface area contributed by atoms with Crippen molar-refractivity contribution in [1.82, 2.24) is 5.32 Å². The van der Waals surface area contributed by atoms with Crippen molar-refractivity contribution < 1.29 is 0 Å². The largest absolute Gasteiger partial charge is 0.316 e. The maximum absolute atomic E-state index is 3.40. The summed E-state index contributed by atoms with van der Waals surface area (Å²) < 4.78 is 0. The second-order valence-corrected chi connectivity index (χ2v) is 4.37. The van der Waals surface area contributed by atoms with Gasteiger partial charge < -0.3 is 5.32 Å². The SMILES string of the molecule is CPCCNCCPC. The van der Waals surface area contributed by atoms with Gasteiger partial charge in [0.1, 0.15) is 0 Å². The monoisotopic (exact) mass is 165 g/mol. The van der Waals surface area contributed by atoms with Crippen LogP contribution in [0.5, 0.6) is 0 Å². The lowest BCUT2D eigenvalue weighted by Crippen LogP contribution is -2.19. The van der Waals surface area contributed by atoms with E-state index in [0.717, 1.165) is 17.2 Å². The number of hydrogen-bond donors (Lipinski definition) is 1. The Morgan fingerprint density at radius 2 is 1.44 bits per heavy atom. The van der Waals surface area contributed by atoms with Gasteiger partial charge in [0.25, 0.3) is 0 Å². The van der Waals surface area contributed by atoms with Crippen LogP contribution in [0.2, 0.25) is 0 Å². The molecule has 1 N–H and O–H groups in total. The molecule has 0 fully saturated rings. The zero-order chi connectivity index (χ0) is 6.95. The van der Waals surface area contributed by atoms with Crippen LogP contribution >= 0.6 is 17.2 Å². The lowest BCUT2D eigenvalue weighted by Gasteiger charge is -2.00. The smallest absolute Gasteiger partial charge is 0.00118 e. The topological polar surface area (TPSA) is 12.0 Å². The van der Waals surface area contributed by atoms with Gasteiger partial charge in [-0.05, 0) is 38.7 Å². The maximum Gasteiger partial charge on any atom is -0.00118 e. The van der Waals surface area contributed by atoms with E-state index in [1.54, 1.807) is 0 Å². The Bertz CT molecular complexity index is 44.3. The first-order valence-corrected chi connectivity index (χ1v) is 6.83. The highest BCUT2D eigenvalue weighted by molar-refractivity contribution is 7.37. The molecule has 0 aromatic carbocycles. The molecule has 0 aliphatic carbocycles. The van der Waals surface area contributed by atoms with Crippen LogP contribution in [0.3, 0.4) is 0 Å². The summed E-state index contributed by atoms with van der Waals surface area (Å²) in [6.45, 7) is 6.95. The van der Waals surface area contributed by atoms with E-state index >= 15 is 0 Å². The molecule has 0 aliphatic heterocycles. The summed E-state index contributed by atoms with van der Waals surface area (Å²) in [4.78, 5) is 0. The first kappa shape index (κ1) is 9.82. The van der Waals surface area contributed by atoms with Crippen molar-refractivity contribution in [3.8, 4) is 0 Å². The highest BCUT2D eigenvalue weighted by Gasteiger charge is 1.82. The van der Waals surface area contributed by atoms with E-state index in [1.807, 2.05) is 0 Å². The summed E-state index contributed by atoms with van der Waals surface area (Å²) in [5, 5.41) is 3.40. The van der Waals surface area contributed by atoms with Crippen molar-refractivity contribution >= 4 is 17.2 Å². The van der Waals surface area contributed by atoms with Gasteiger partial charge in [-0.3, -0.25) is 0 Å². The van der Waals surface area contributed by atoms with Crippen LogP contribution in [-0.4, -0.2) is 38.7 Å². The normalized spacial score (nSPS) is 12.7. The molecule has 9 heavy (non-hydrogen) atoms. The summed E-state index contributed by atoms with van der Waals surface area (Å²) in [5.74, 6) is 0. The molecule has 0 heterocycles. The summed E-state index contributed by atoms with van der Waals surface area (Å²) in [7, 11) is 2.22. The standard InChI is InChI=1S/C6H17NP2/c1-8-5-3-7-4-6-9-2/h7-9H,3-6H2,1-2H3. The first-order chi connectivity index (χ1) is 4.41. The molecule has 56 valence electrons. The van der Waals surface area contributed by atoms with Gasteiger partial charge in [-0.1, -0.05) is 0 Å². The van der Waals surface area contributed by atoms with E-state index in [2.05, 4.69) is 18.6 Å². The predicted molar refractivity (Wildman–Crippen MR) is 51.1 cm³/mol.